The van der Waals surface area contributed by atoms with Crippen LogP contribution in [0, 0.1) is 0 Å². The van der Waals surface area contributed by atoms with Crippen LogP contribution in [0.15, 0.2) is 6.20 Å². The van der Waals surface area contributed by atoms with E-state index >= 15 is 0 Å². The van der Waals surface area contributed by atoms with Gasteiger partial charge in [-0.15, -0.1) is 5.10 Å². The van der Waals surface area contributed by atoms with Crippen molar-refractivity contribution in [1.29, 1.82) is 0 Å². The number of primary amides is 1. The van der Waals surface area contributed by atoms with Gasteiger partial charge in [0.25, 0.3) is 0 Å². The zero-order chi connectivity index (χ0) is 15.7. The highest BCUT2D eigenvalue weighted by Crippen LogP contribution is 2.31. The molecule has 0 aliphatic carbocycles. The Balaban J connectivity index is 2.17. The number of carbonyl (C=O) groups excluding carboxylic acids is 1. The van der Waals surface area contributed by atoms with Crippen molar-refractivity contribution in [3.05, 3.63) is 11.9 Å². The molecular formula is C14H25N5O2. The van der Waals surface area contributed by atoms with Gasteiger partial charge in [-0.25, -0.2) is 4.68 Å². The van der Waals surface area contributed by atoms with Crippen LogP contribution in [0.25, 0.3) is 0 Å². The lowest BCUT2D eigenvalue weighted by atomic mass is 9.96. The van der Waals surface area contributed by atoms with Crippen molar-refractivity contribution in [1.82, 2.24) is 19.9 Å². The first-order valence-electron chi connectivity index (χ1n) is 7.25. The highest BCUT2D eigenvalue weighted by atomic mass is 16.5. The largest absolute Gasteiger partial charge is 0.382 e. The molecule has 0 spiro atoms. The number of ether oxygens (including phenoxy) is 1. The van der Waals surface area contributed by atoms with E-state index in [9.17, 15) is 4.79 Å². The molecule has 7 heteroatoms. The number of hydrogen-bond donors (Lipinski definition) is 1. The number of aromatic nitrogens is 3. The van der Waals surface area contributed by atoms with Crippen molar-refractivity contribution in [2.24, 2.45) is 5.73 Å². The number of nitrogens with two attached hydrogens (primary N) is 1. The van der Waals surface area contributed by atoms with Crippen LogP contribution < -0.4 is 5.73 Å². The van der Waals surface area contributed by atoms with E-state index in [0.29, 0.717) is 13.2 Å². The van der Waals surface area contributed by atoms with Crippen LogP contribution in [-0.2, 0) is 21.6 Å². The van der Waals surface area contributed by atoms with Gasteiger partial charge in [0.05, 0.1) is 24.0 Å². The van der Waals surface area contributed by atoms with E-state index in [0.717, 1.165) is 25.1 Å². The van der Waals surface area contributed by atoms with E-state index in [2.05, 4.69) is 36.0 Å². The van der Waals surface area contributed by atoms with E-state index < -0.39 is 5.54 Å². The van der Waals surface area contributed by atoms with Crippen LogP contribution in [0.3, 0.4) is 0 Å². The Hall–Kier alpha value is -1.47. The predicted octanol–water partition coefficient (Wildman–Crippen LogP) is 0.499. The number of amides is 1. The van der Waals surface area contributed by atoms with Crippen molar-refractivity contribution in [3.63, 3.8) is 0 Å². The lowest BCUT2D eigenvalue weighted by Crippen LogP contribution is -2.56. The molecule has 1 aliphatic heterocycles. The van der Waals surface area contributed by atoms with Gasteiger partial charge in [-0.1, -0.05) is 5.21 Å². The first-order valence-corrected chi connectivity index (χ1v) is 7.25. The Morgan fingerprint density at radius 1 is 1.52 bits per heavy atom. The molecule has 1 fully saturated rings. The first-order chi connectivity index (χ1) is 9.79. The molecule has 0 radical (unpaired) electrons. The van der Waals surface area contributed by atoms with Gasteiger partial charge in [0.15, 0.2) is 0 Å². The molecule has 2 N–H and O–H groups in total. The fraction of sp³-hybridized carbons (Fsp3) is 0.786. The Kier molecular flexibility index (Phi) is 4.34. The van der Waals surface area contributed by atoms with Gasteiger partial charge in [-0.3, -0.25) is 9.69 Å². The minimum atomic E-state index is -0.722. The average Bonchev–Trinajstić information content (AvgIpc) is 2.98. The fourth-order valence-corrected chi connectivity index (χ4v) is 2.81. The molecule has 1 saturated heterocycles. The summed E-state index contributed by atoms with van der Waals surface area (Å²) in [5.74, 6) is -0.329. The van der Waals surface area contributed by atoms with E-state index in [1.165, 1.54) is 0 Å². The molecule has 0 bridgehead atoms. The van der Waals surface area contributed by atoms with Crippen molar-refractivity contribution >= 4 is 5.91 Å². The van der Waals surface area contributed by atoms with Gasteiger partial charge < -0.3 is 10.5 Å². The highest BCUT2D eigenvalue weighted by molar-refractivity contribution is 5.85. The van der Waals surface area contributed by atoms with E-state index in [1.807, 2.05) is 10.9 Å². The molecule has 21 heavy (non-hydrogen) atoms. The van der Waals surface area contributed by atoms with Crippen LogP contribution >= 0.6 is 0 Å². The second-order valence-corrected chi connectivity index (χ2v) is 6.68. The average molecular weight is 295 g/mol. The summed E-state index contributed by atoms with van der Waals surface area (Å²) in [5.41, 5.74) is 5.65. The Labute approximate surface area is 125 Å². The fourth-order valence-electron chi connectivity index (χ4n) is 2.81. The zero-order valence-corrected chi connectivity index (χ0v) is 13.3. The number of carbonyl (C=O) groups is 1. The van der Waals surface area contributed by atoms with Gasteiger partial charge in [-0.05, 0) is 40.2 Å². The topological polar surface area (TPSA) is 86.3 Å². The Morgan fingerprint density at radius 3 is 2.76 bits per heavy atom. The number of likely N-dealkylation sites (tertiary alicyclic amines) is 1. The molecule has 7 nitrogen and oxygen atoms in total. The number of methoxy groups -OCH3 is 1. The molecule has 1 amide bonds. The standard InChI is InChI=1S/C14H25N5O2/c1-13(2,3)19-9-11(16-17-19)8-18-7-5-6-14(18,10-21-4)12(15)20/h9H,5-8,10H2,1-4H3,(H2,15,20). The summed E-state index contributed by atoms with van der Waals surface area (Å²) >= 11 is 0. The zero-order valence-electron chi connectivity index (χ0n) is 13.3. The maximum absolute atomic E-state index is 11.9. The number of hydrogen-bond acceptors (Lipinski definition) is 5. The molecular weight excluding hydrogens is 270 g/mol. The summed E-state index contributed by atoms with van der Waals surface area (Å²) in [4.78, 5) is 14.0. The number of rotatable bonds is 5. The molecule has 1 aliphatic rings. The normalized spacial score (nSPS) is 23.6. The van der Waals surface area contributed by atoms with Crippen LogP contribution in [-0.4, -0.2) is 51.6 Å². The maximum Gasteiger partial charge on any atom is 0.240 e. The van der Waals surface area contributed by atoms with Crippen molar-refractivity contribution in [3.8, 4) is 0 Å². The van der Waals surface area contributed by atoms with E-state index in [-0.39, 0.29) is 11.4 Å². The summed E-state index contributed by atoms with van der Waals surface area (Å²) in [7, 11) is 1.59. The third-order valence-electron chi connectivity index (χ3n) is 4.05. The highest BCUT2D eigenvalue weighted by Gasteiger charge is 2.46. The van der Waals surface area contributed by atoms with E-state index in [4.69, 9.17) is 10.5 Å². The molecule has 0 saturated carbocycles. The van der Waals surface area contributed by atoms with Crippen LogP contribution in [0.2, 0.25) is 0 Å². The Bertz CT molecular complexity index is 508. The third-order valence-corrected chi connectivity index (χ3v) is 4.05. The summed E-state index contributed by atoms with van der Waals surface area (Å²) in [6.45, 7) is 7.90. The van der Waals surface area contributed by atoms with Crippen molar-refractivity contribution < 1.29 is 9.53 Å². The monoisotopic (exact) mass is 295 g/mol. The lowest BCUT2D eigenvalue weighted by molar-refractivity contribution is -0.132. The smallest absolute Gasteiger partial charge is 0.240 e. The van der Waals surface area contributed by atoms with Crippen LogP contribution in [0.5, 0.6) is 0 Å². The Morgan fingerprint density at radius 2 is 2.24 bits per heavy atom. The van der Waals surface area contributed by atoms with E-state index in [1.54, 1.807) is 7.11 Å². The second kappa shape index (κ2) is 5.73. The molecule has 118 valence electrons. The van der Waals surface area contributed by atoms with Crippen molar-refractivity contribution in [2.45, 2.75) is 51.2 Å². The van der Waals surface area contributed by atoms with Gasteiger partial charge in [0, 0.05) is 13.7 Å². The third kappa shape index (κ3) is 3.08. The van der Waals surface area contributed by atoms with Gasteiger partial charge >= 0.3 is 0 Å². The lowest BCUT2D eigenvalue weighted by Gasteiger charge is -2.34. The summed E-state index contributed by atoms with van der Waals surface area (Å²) in [5, 5.41) is 8.37. The molecule has 2 rings (SSSR count). The summed E-state index contributed by atoms with van der Waals surface area (Å²) in [6.07, 6.45) is 3.58. The molecule has 1 aromatic heterocycles. The second-order valence-electron chi connectivity index (χ2n) is 6.68. The predicted molar refractivity (Wildman–Crippen MR) is 78.5 cm³/mol. The molecule has 1 unspecified atom stereocenters. The molecule has 1 aromatic rings. The minimum absolute atomic E-state index is 0.108. The summed E-state index contributed by atoms with van der Waals surface area (Å²) in [6, 6.07) is 0. The van der Waals surface area contributed by atoms with Crippen LogP contribution in [0.4, 0.5) is 0 Å². The van der Waals surface area contributed by atoms with Crippen LogP contribution in [0.1, 0.15) is 39.3 Å². The summed E-state index contributed by atoms with van der Waals surface area (Å²) < 4.78 is 7.07. The molecule has 1 atom stereocenters. The number of nitrogens with zero attached hydrogens (tertiary/aromatic N) is 4. The first kappa shape index (κ1) is 15.9. The molecule has 0 aromatic carbocycles. The van der Waals surface area contributed by atoms with Crippen molar-refractivity contribution in [2.75, 3.05) is 20.3 Å². The quantitative estimate of drug-likeness (QED) is 0.855. The van der Waals surface area contributed by atoms with Gasteiger partial charge in [0.1, 0.15) is 5.54 Å². The van der Waals surface area contributed by atoms with Gasteiger partial charge in [-0.2, -0.15) is 0 Å². The minimum Gasteiger partial charge on any atom is -0.382 e. The SMILES string of the molecule is COCC1(C(N)=O)CCCN1Cc1cn(C(C)(C)C)nn1. The molecule has 2 heterocycles. The van der Waals surface area contributed by atoms with Gasteiger partial charge in [0.2, 0.25) is 5.91 Å². The maximum atomic E-state index is 11.9.